The summed E-state index contributed by atoms with van der Waals surface area (Å²) >= 11 is 7.01. The maximum absolute atomic E-state index is 13.8. The van der Waals surface area contributed by atoms with Gasteiger partial charge in [-0.1, -0.05) is 35.1 Å². The third-order valence-corrected chi connectivity index (χ3v) is 7.44. The largest absolute Gasteiger partial charge is 0.490 e. The molecule has 1 aliphatic heterocycles. The van der Waals surface area contributed by atoms with Gasteiger partial charge in [0, 0.05) is 6.07 Å². The van der Waals surface area contributed by atoms with E-state index in [1.54, 1.807) is 45.0 Å². The van der Waals surface area contributed by atoms with Gasteiger partial charge >= 0.3 is 11.9 Å². The second-order valence-corrected chi connectivity index (χ2v) is 10.2. The number of carbonyl (C=O) groups excluding carboxylic acids is 2. The number of rotatable bonds is 10. The summed E-state index contributed by atoms with van der Waals surface area (Å²) in [6, 6.07) is 8.11. The summed E-state index contributed by atoms with van der Waals surface area (Å²) in [4.78, 5) is 54.3. The van der Waals surface area contributed by atoms with E-state index in [0.29, 0.717) is 21.6 Å². The Kier molecular flexibility index (Phi) is 9.43. The molecule has 0 amide bonds. The van der Waals surface area contributed by atoms with Crippen LogP contribution < -0.4 is 24.4 Å². The second-order valence-electron chi connectivity index (χ2n) is 8.77. The van der Waals surface area contributed by atoms with Crippen molar-refractivity contribution in [1.82, 2.24) is 4.57 Å². The molecule has 0 unspecified atom stereocenters. The zero-order chi connectivity index (χ0) is 30.6. The Hall–Kier alpha value is -4.49. The molecule has 2 aromatic carbocycles. The molecule has 42 heavy (non-hydrogen) atoms. The Morgan fingerprint density at radius 1 is 1.14 bits per heavy atom. The van der Waals surface area contributed by atoms with Gasteiger partial charge in [0.2, 0.25) is 0 Å². The van der Waals surface area contributed by atoms with Gasteiger partial charge in [0.25, 0.3) is 11.2 Å². The van der Waals surface area contributed by atoms with Gasteiger partial charge in [-0.3, -0.25) is 19.5 Å². The molecular formula is C28H26ClN3O9S. The molecule has 0 spiro atoms. The van der Waals surface area contributed by atoms with Crippen LogP contribution in [0.2, 0.25) is 5.02 Å². The summed E-state index contributed by atoms with van der Waals surface area (Å²) < 4.78 is 22.9. The summed E-state index contributed by atoms with van der Waals surface area (Å²) in [6.07, 6.45) is 1.50. The first-order valence-electron chi connectivity index (χ1n) is 12.7. The van der Waals surface area contributed by atoms with Gasteiger partial charge in [0.1, 0.15) is 5.02 Å². The van der Waals surface area contributed by atoms with Crippen molar-refractivity contribution in [2.24, 2.45) is 4.99 Å². The molecule has 0 radical (unpaired) electrons. The highest BCUT2D eigenvalue weighted by atomic mass is 35.5. The number of esters is 2. The van der Waals surface area contributed by atoms with Crippen molar-refractivity contribution in [3.63, 3.8) is 0 Å². The van der Waals surface area contributed by atoms with Crippen LogP contribution in [0.1, 0.15) is 37.9 Å². The predicted octanol–water partition coefficient (Wildman–Crippen LogP) is 3.31. The lowest BCUT2D eigenvalue weighted by molar-refractivity contribution is -0.384. The van der Waals surface area contributed by atoms with Crippen molar-refractivity contribution in [2.75, 3.05) is 26.9 Å². The first-order chi connectivity index (χ1) is 20.1. The summed E-state index contributed by atoms with van der Waals surface area (Å²) in [6.45, 7) is 5.12. The normalized spacial score (nSPS) is 14.6. The minimum absolute atomic E-state index is 0.0302. The standard InChI is InChI=1S/C28H26ClN3O9S/c1-5-39-21-13-17(8-10-20(21)41-14-23(33)38-4)25-24(27(35)40-6-2)15(3)30-28-31(25)26(34)22(42-28)12-16-7-9-18(29)19(11-16)32(36)37/h7-13,25H,5-6,14H2,1-4H3/b22-12-/t25-/m0/s1. The Balaban J connectivity index is 1.91. The van der Waals surface area contributed by atoms with Crippen LogP contribution in [0.3, 0.4) is 0 Å². The molecule has 0 bridgehead atoms. The molecule has 1 aromatic heterocycles. The maximum atomic E-state index is 13.8. The number of ether oxygens (including phenoxy) is 4. The molecular weight excluding hydrogens is 590 g/mol. The molecule has 14 heteroatoms. The molecule has 12 nitrogen and oxygen atoms in total. The highest BCUT2D eigenvalue weighted by Crippen LogP contribution is 2.36. The second kappa shape index (κ2) is 13.0. The maximum Gasteiger partial charge on any atom is 0.343 e. The van der Waals surface area contributed by atoms with Gasteiger partial charge < -0.3 is 18.9 Å². The van der Waals surface area contributed by atoms with Crippen molar-refractivity contribution in [1.29, 1.82) is 0 Å². The fourth-order valence-electron chi connectivity index (χ4n) is 4.30. The van der Waals surface area contributed by atoms with Crippen LogP contribution in [-0.4, -0.2) is 48.4 Å². The number of thiazole rings is 1. The molecule has 0 aliphatic carbocycles. The Bertz CT molecular complexity index is 1780. The highest BCUT2D eigenvalue weighted by molar-refractivity contribution is 7.07. The van der Waals surface area contributed by atoms with Crippen LogP contribution in [0.15, 0.2) is 57.5 Å². The van der Waals surface area contributed by atoms with Gasteiger partial charge in [-0.05, 0) is 56.2 Å². The molecule has 4 rings (SSSR count). The number of fused-ring (bicyclic) bond motifs is 1. The van der Waals surface area contributed by atoms with E-state index in [2.05, 4.69) is 9.73 Å². The quantitative estimate of drug-likeness (QED) is 0.190. The fourth-order valence-corrected chi connectivity index (χ4v) is 5.53. The molecule has 2 heterocycles. The lowest BCUT2D eigenvalue weighted by Gasteiger charge is -2.25. The Morgan fingerprint density at radius 3 is 2.57 bits per heavy atom. The number of carbonyl (C=O) groups is 2. The molecule has 3 aromatic rings. The first kappa shape index (κ1) is 30.5. The van der Waals surface area contributed by atoms with E-state index >= 15 is 0 Å². The lowest BCUT2D eigenvalue weighted by Crippen LogP contribution is -2.40. The van der Waals surface area contributed by atoms with E-state index in [4.69, 9.17) is 25.8 Å². The average Bonchev–Trinajstić information content (AvgIpc) is 3.26. The van der Waals surface area contributed by atoms with E-state index in [1.807, 2.05) is 0 Å². The van der Waals surface area contributed by atoms with Crippen molar-refractivity contribution in [3.05, 3.63) is 93.6 Å². The molecule has 0 saturated heterocycles. The molecule has 0 fully saturated rings. The Labute approximate surface area is 248 Å². The van der Waals surface area contributed by atoms with Crippen molar-refractivity contribution >= 4 is 46.6 Å². The van der Waals surface area contributed by atoms with Crippen molar-refractivity contribution < 1.29 is 33.5 Å². The average molecular weight is 616 g/mol. The van der Waals surface area contributed by atoms with Crippen LogP contribution in [0.25, 0.3) is 6.08 Å². The topological polar surface area (TPSA) is 149 Å². The van der Waals surface area contributed by atoms with Gasteiger partial charge in [-0.25, -0.2) is 14.6 Å². The smallest absolute Gasteiger partial charge is 0.343 e. The van der Waals surface area contributed by atoms with Crippen molar-refractivity contribution in [3.8, 4) is 11.5 Å². The molecule has 0 N–H and O–H groups in total. The number of nitrogens with zero attached hydrogens (tertiary/aromatic N) is 3. The number of benzene rings is 2. The number of hydrogen-bond donors (Lipinski definition) is 0. The van der Waals surface area contributed by atoms with E-state index in [1.165, 1.54) is 29.9 Å². The minimum Gasteiger partial charge on any atom is -0.490 e. The number of halogens is 1. The van der Waals surface area contributed by atoms with Crippen molar-refractivity contribution in [2.45, 2.75) is 26.8 Å². The zero-order valence-electron chi connectivity index (χ0n) is 23.0. The van der Waals surface area contributed by atoms with E-state index in [9.17, 15) is 24.5 Å². The summed E-state index contributed by atoms with van der Waals surface area (Å²) in [7, 11) is 1.24. The van der Waals surface area contributed by atoms with Crippen LogP contribution in [0.4, 0.5) is 5.69 Å². The fraction of sp³-hybridized carbons (Fsp3) is 0.286. The van der Waals surface area contributed by atoms with Crippen LogP contribution in [0, 0.1) is 10.1 Å². The minimum atomic E-state index is -0.948. The molecule has 0 saturated carbocycles. The molecule has 1 aliphatic rings. The van der Waals surface area contributed by atoms with Crippen LogP contribution in [-0.2, 0) is 19.1 Å². The number of aromatic nitrogens is 1. The van der Waals surface area contributed by atoms with E-state index in [-0.39, 0.29) is 52.1 Å². The van der Waals surface area contributed by atoms with Gasteiger partial charge in [0.15, 0.2) is 22.9 Å². The third kappa shape index (κ3) is 6.21. The predicted molar refractivity (Wildman–Crippen MR) is 154 cm³/mol. The summed E-state index contributed by atoms with van der Waals surface area (Å²) in [5, 5.41) is 11.3. The Morgan fingerprint density at radius 2 is 1.90 bits per heavy atom. The number of nitro benzene ring substituents is 1. The van der Waals surface area contributed by atoms with Crippen LogP contribution >= 0.6 is 22.9 Å². The number of allylic oxidation sites excluding steroid dienone is 1. The first-order valence-corrected chi connectivity index (χ1v) is 13.9. The van der Waals surface area contributed by atoms with Crippen LogP contribution in [0.5, 0.6) is 11.5 Å². The van der Waals surface area contributed by atoms with E-state index < -0.39 is 28.5 Å². The highest BCUT2D eigenvalue weighted by Gasteiger charge is 2.34. The summed E-state index contributed by atoms with van der Waals surface area (Å²) in [5.41, 5.74) is 0.631. The number of nitro groups is 1. The van der Waals surface area contributed by atoms with Gasteiger partial charge in [-0.2, -0.15) is 0 Å². The van der Waals surface area contributed by atoms with Gasteiger partial charge in [0.05, 0.1) is 47.1 Å². The monoisotopic (exact) mass is 615 g/mol. The third-order valence-electron chi connectivity index (χ3n) is 6.14. The lowest BCUT2D eigenvalue weighted by atomic mass is 9.95. The number of hydrogen-bond acceptors (Lipinski definition) is 11. The van der Waals surface area contributed by atoms with E-state index in [0.717, 1.165) is 11.3 Å². The SMILES string of the molecule is CCOC(=O)C1=C(C)N=c2s/c(=C\c3ccc(Cl)c([N+](=O)[O-])c3)c(=O)n2[C@H]1c1ccc(OCC(=O)OC)c(OCC)c1. The number of methoxy groups -OCH3 is 1. The zero-order valence-corrected chi connectivity index (χ0v) is 24.6. The molecule has 1 atom stereocenters. The summed E-state index contributed by atoms with van der Waals surface area (Å²) in [5.74, 6) is -0.674. The molecule has 220 valence electrons. The van der Waals surface area contributed by atoms with Gasteiger partial charge in [-0.15, -0.1) is 0 Å².